The van der Waals surface area contributed by atoms with Crippen LogP contribution in [0.15, 0.2) is 76.3 Å². The van der Waals surface area contributed by atoms with Gasteiger partial charge in [-0.25, -0.2) is 14.6 Å². The van der Waals surface area contributed by atoms with Gasteiger partial charge in [0.15, 0.2) is 0 Å². The number of ether oxygens (including phenoxy) is 1. The maximum Gasteiger partial charge on any atom is 0.345 e. The van der Waals surface area contributed by atoms with Crippen LogP contribution in [0, 0.1) is 5.82 Å². The van der Waals surface area contributed by atoms with Gasteiger partial charge in [0.2, 0.25) is 0 Å². The molecule has 0 saturated carbocycles. The third-order valence-corrected chi connectivity index (χ3v) is 4.79. The molecule has 10 heteroatoms. The summed E-state index contributed by atoms with van der Waals surface area (Å²) in [7, 11) is 0. The molecule has 2 N–H and O–H groups in total. The third-order valence-electron chi connectivity index (χ3n) is 3.97. The molecule has 2 amide bonds. The van der Waals surface area contributed by atoms with Gasteiger partial charge >= 0.3 is 17.8 Å². The van der Waals surface area contributed by atoms with E-state index in [9.17, 15) is 18.8 Å². The lowest BCUT2D eigenvalue weighted by atomic mass is 10.2. The molecule has 0 unspecified atom stereocenters. The van der Waals surface area contributed by atoms with Crippen LogP contribution in [0.25, 0.3) is 0 Å². The number of para-hydroxylation sites is 1. The Bertz CT molecular complexity index is 1220. The molecule has 0 heterocycles. The highest BCUT2D eigenvalue weighted by Gasteiger charge is 2.16. The number of hydrogen-bond donors (Lipinski definition) is 2. The Hall–Kier alpha value is -3.56. The molecule has 3 aromatic rings. The monoisotopic (exact) mass is 517 g/mol. The number of esters is 1. The zero-order chi connectivity index (χ0) is 23.1. The largest absolute Gasteiger partial charge is 0.422 e. The molecule has 3 aromatic carbocycles. The minimum atomic E-state index is -1.12. The Morgan fingerprint density at radius 3 is 2.47 bits per heavy atom. The average Bonchev–Trinajstić information content (AvgIpc) is 2.77. The van der Waals surface area contributed by atoms with E-state index in [1.165, 1.54) is 30.5 Å². The maximum absolute atomic E-state index is 13.8. The highest BCUT2D eigenvalue weighted by atomic mass is 79.9. The SMILES string of the molecule is O=C(N/N=C/c1ccccc1OC(=O)c1ccccc1Cl)C(=O)Nc1ccc(Br)cc1F. The van der Waals surface area contributed by atoms with Gasteiger partial charge in [-0.05, 0) is 42.5 Å². The molecule has 3 rings (SSSR count). The van der Waals surface area contributed by atoms with Crippen molar-refractivity contribution in [3.05, 3.63) is 93.2 Å². The number of carbonyl (C=O) groups excluding carboxylic acids is 3. The van der Waals surface area contributed by atoms with E-state index in [2.05, 4.69) is 26.3 Å². The Kier molecular flexibility index (Phi) is 7.69. The number of rotatable bonds is 5. The first-order valence-electron chi connectivity index (χ1n) is 9.00. The van der Waals surface area contributed by atoms with E-state index < -0.39 is 23.6 Å². The lowest BCUT2D eigenvalue weighted by Crippen LogP contribution is -2.32. The van der Waals surface area contributed by atoms with Crippen molar-refractivity contribution in [2.75, 3.05) is 5.32 Å². The van der Waals surface area contributed by atoms with Crippen molar-refractivity contribution < 1.29 is 23.5 Å². The quantitative estimate of drug-likeness (QED) is 0.170. The molecule has 0 spiro atoms. The molecule has 0 atom stereocenters. The van der Waals surface area contributed by atoms with Crippen LogP contribution in [-0.2, 0) is 9.59 Å². The fourth-order valence-corrected chi connectivity index (χ4v) is 2.99. The topological polar surface area (TPSA) is 96.9 Å². The smallest absolute Gasteiger partial charge is 0.345 e. The van der Waals surface area contributed by atoms with Crippen molar-refractivity contribution in [3.63, 3.8) is 0 Å². The number of nitrogens with one attached hydrogen (secondary N) is 2. The first-order chi connectivity index (χ1) is 15.3. The molecular weight excluding hydrogens is 505 g/mol. The normalized spacial score (nSPS) is 10.6. The zero-order valence-electron chi connectivity index (χ0n) is 16.1. The fraction of sp³-hybridized carbons (Fsp3) is 0. The van der Waals surface area contributed by atoms with E-state index in [0.29, 0.717) is 10.0 Å². The molecule has 0 aliphatic rings. The van der Waals surface area contributed by atoms with E-state index in [1.807, 2.05) is 5.43 Å². The Labute approximate surface area is 195 Å². The molecule has 0 radical (unpaired) electrons. The molecule has 0 aliphatic heterocycles. The summed E-state index contributed by atoms with van der Waals surface area (Å²) in [6.45, 7) is 0. The zero-order valence-corrected chi connectivity index (χ0v) is 18.5. The van der Waals surface area contributed by atoms with Gasteiger partial charge in [-0.3, -0.25) is 9.59 Å². The van der Waals surface area contributed by atoms with Gasteiger partial charge in [0.05, 0.1) is 22.5 Å². The summed E-state index contributed by atoms with van der Waals surface area (Å²) >= 11 is 9.11. The lowest BCUT2D eigenvalue weighted by Gasteiger charge is -2.08. The number of hydrazone groups is 1. The van der Waals surface area contributed by atoms with Crippen molar-refractivity contribution in [2.45, 2.75) is 0 Å². The minimum Gasteiger partial charge on any atom is -0.422 e. The number of carbonyl (C=O) groups is 3. The van der Waals surface area contributed by atoms with E-state index in [0.717, 1.165) is 6.07 Å². The average molecular weight is 519 g/mol. The van der Waals surface area contributed by atoms with Crippen LogP contribution in [0.2, 0.25) is 5.02 Å². The fourth-order valence-electron chi connectivity index (χ4n) is 2.44. The Balaban J connectivity index is 1.64. The van der Waals surface area contributed by atoms with Crippen molar-refractivity contribution >= 4 is 57.2 Å². The van der Waals surface area contributed by atoms with Gasteiger partial charge in [-0.1, -0.05) is 51.8 Å². The van der Waals surface area contributed by atoms with Crippen molar-refractivity contribution in [1.82, 2.24) is 5.43 Å². The summed E-state index contributed by atoms with van der Waals surface area (Å²) < 4.78 is 19.6. The summed E-state index contributed by atoms with van der Waals surface area (Å²) in [5.74, 6) is -3.44. The van der Waals surface area contributed by atoms with Crippen LogP contribution in [0.4, 0.5) is 10.1 Å². The van der Waals surface area contributed by atoms with Crippen LogP contribution < -0.4 is 15.5 Å². The number of amides is 2. The molecule has 0 saturated heterocycles. The highest BCUT2D eigenvalue weighted by Crippen LogP contribution is 2.21. The first-order valence-corrected chi connectivity index (χ1v) is 10.2. The second-order valence-corrected chi connectivity index (χ2v) is 7.51. The number of halogens is 3. The van der Waals surface area contributed by atoms with Crippen LogP contribution in [-0.4, -0.2) is 24.0 Å². The summed E-state index contributed by atoms with van der Waals surface area (Å²) in [4.78, 5) is 36.2. The van der Waals surface area contributed by atoms with Crippen molar-refractivity contribution in [2.24, 2.45) is 5.10 Å². The van der Waals surface area contributed by atoms with Crippen LogP contribution in [0.1, 0.15) is 15.9 Å². The van der Waals surface area contributed by atoms with Crippen LogP contribution in [0.5, 0.6) is 5.75 Å². The molecule has 0 bridgehead atoms. The van der Waals surface area contributed by atoms with Crippen LogP contribution >= 0.6 is 27.5 Å². The van der Waals surface area contributed by atoms with Crippen LogP contribution in [0.3, 0.4) is 0 Å². The summed E-state index contributed by atoms with van der Waals surface area (Å²) in [6, 6.07) is 16.8. The molecule has 0 aromatic heterocycles. The molecule has 162 valence electrons. The van der Waals surface area contributed by atoms with E-state index in [4.69, 9.17) is 16.3 Å². The first kappa shape index (κ1) is 23.1. The second kappa shape index (κ2) is 10.7. The highest BCUT2D eigenvalue weighted by molar-refractivity contribution is 9.10. The molecule has 0 fully saturated rings. The van der Waals surface area contributed by atoms with Gasteiger partial charge in [-0.2, -0.15) is 5.10 Å². The summed E-state index contributed by atoms with van der Waals surface area (Å²) in [5, 5.41) is 6.08. The Morgan fingerprint density at radius 1 is 1.00 bits per heavy atom. The van der Waals surface area contributed by atoms with E-state index in [-0.39, 0.29) is 22.0 Å². The Morgan fingerprint density at radius 2 is 1.72 bits per heavy atom. The standard InChI is InChI=1S/C22H14BrClFN3O4/c23-14-9-10-18(17(25)11-14)27-20(29)21(30)28-26-12-13-5-1-4-8-19(13)32-22(31)15-6-2-3-7-16(15)24/h1-12H,(H,27,29)(H,28,30)/b26-12+. The predicted octanol–water partition coefficient (Wildman–Crippen LogP) is 4.55. The second-order valence-electron chi connectivity index (χ2n) is 6.18. The van der Waals surface area contributed by atoms with Gasteiger partial charge in [0.1, 0.15) is 11.6 Å². The third kappa shape index (κ3) is 5.99. The number of nitrogens with zero attached hydrogens (tertiary/aromatic N) is 1. The van der Waals surface area contributed by atoms with Gasteiger partial charge in [-0.15, -0.1) is 0 Å². The number of anilines is 1. The number of hydrogen-bond acceptors (Lipinski definition) is 5. The van der Waals surface area contributed by atoms with Crippen molar-refractivity contribution in [3.8, 4) is 5.75 Å². The van der Waals surface area contributed by atoms with Crippen molar-refractivity contribution in [1.29, 1.82) is 0 Å². The molecular formula is C22H14BrClFN3O4. The lowest BCUT2D eigenvalue weighted by molar-refractivity contribution is -0.136. The van der Waals surface area contributed by atoms with E-state index >= 15 is 0 Å². The summed E-state index contributed by atoms with van der Waals surface area (Å²) in [5.41, 5.74) is 2.41. The molecule has 32 heavy (non-hydrogen) atoms. The maximum atomic E-state index is 13.8. The summed E-state index contributed by atoms with van der Waals surface area (Å²) in [6.07, 6.45) is 1.20. The van der Waals surface area contributed by atoms with Gasteiger partial charge in [0, 0.05) is 10.0 Å². The van der Waals surface area contributed by atoms with Gasteiger partial charge < -0.3 is 10.1 Å². The number of benzene rings is 3. The molecule has 7 nitrogen and oxygen atoms in total. The molecule has 0 aliphatic carbocycles. The van der Waals surface area contributed by atoms with Gasteiger partial charge in [0.25, 0.3) is 0 Å². The predicted molar refractivity (Wildman–Crippen MR) is 121 cm³/mol. The van der Waals surface area contributed by atoms with E-state index in [1.54, 1.807) is 36.4 Å². The minimum absolute atomic E-state index is 0.158.